The first kappa shape index (κ1) is 19.8. The van der Waals surface area contributed by atoms with E-state index in [1.807, 2.05) is 30.5 Å². The molecule has 6 heteroatoms. The largest absolute Gasteiger partial charge is 0.392 e. The molecule has 1 unspecified atom stereocenters. The van der Waals surface area contributed by atoms with Crippen LogP contribution in [0.4, 0.5) is 11.4 Å². The van der Waals surface area contributed by atoms with Gasteiger partial charge in [-0.25, -0.2) is 0 Å². The molecule has 1 aromatic carbocycles. The van der Waals surface area contributed by atoms with Crippen molar-refractivity contribution in [1.29, 1.82) is 0 Å². The van der Waals surface area contributed by atoms with Gasteiger partial charge in [-0.05, 0) is 48.6 Å². The Balaban J connectivity index is 1.61. The molecule has 1 atom stereocenters. The van der Waals surface area contributed by atoms with E-state index in [0.717, 1.165) is 55.0 Å². The summed E-state index contributed by atoms with van der Waals surface area (Å²) in [5, 5.41) is 13.0. The minimum atomic E-state index is -0.000277. The predicted octanol–water partition coefficient (Wildman–Crippen LogP) is 2.84. The van der Waals surface area contributed by atoms with E-state index in [4.69, 9.17) is 15.7 Å². The summed E-state index contributed by atoms with van der Waals surface area (Å²) in [5.41, 5.74) is 12.3. The summed E-state index contributed by atoms with van der Waals surface area (Å²) in [6.45, 7) is 2.58. The highest BCUT2D eigenvalue weighted by Crippen LogP contribution is 2.33. The van der Waals surface area contributed by atoms with Gasteiger partial charge >= 0.3 is 0 Å². The van der Waals surface area contributed by atoms with Crippen LogP contribution in [0.1, 0.15) is 30.1 Å². The van der Waals surface area contributed by atoms with E-state index in [1.54, 1.807) is 0 Å². The molecule has 2 aliphatic rings. The number of aliphatic hydroxyl groups is 1. The molecule has 4 N–H and O–H groups in total. The van der Waals surface area contributed by atoms with Gasteiger partial charge in [0.05, 0.1) is 42.0 Å². The number of nitrogens with two attached hydrogens (primary N) is 1. The van der Waals surface area contributed by atoms with Crippen molar-refractivity contribution in [2.45, 2.75) is 25.3 Å². The van der Waals surface area contributed by atoms with Gasteiger partial charge in [-0.1, -0.05) is 24.3 Å². The number of aliphatic hydroxyl groups excluding tert-OH is 1. The van der Waals surface area contributed by atoms with Gasteiger partial charge in [0.1, 0.15) is 0 Å². The number of hydrogen-bond donors (Lipinski definition) is 3. The third kappa shape index (κ3) is 4.56. The number of nitrogens with zero attached hydrogens (tertiary/aromatic N) is 3. The van der Waals surface area contributed by atoms with Crippen molar-refractivity contribution in [3.05, 3.63) is 65.5 Å². The number of benzene rings is 1. The first-order valence-electron chi connectivity index (χ1n) is 10.3. The zero-order valence-corrected chi connectivity index (χ0v) is 16.7. The van der Waals surface area contributed by atoms with Gasteiger partial charge < -0.3 is 16.2 Å². The van der Waals surface area contributed by atoms with Crippen LogP contribution in [-0.4, -0.2) is 53.5 Å². The van der Waals surface area contributed by atoms with Gasteiger partial charge in [0.2, 0.25) is 0 Å². The number of aromatic nitrogens is 1. The van der Waals surface area contributed by atoms with Crippen LogP contribution in [0.2, 0.25) is 0 Å². The SMILES string of the molecule is NC/C(=C/CN(CC1=Nc2ccccc2NC1)C1CCCc2cccnc21)CO. The van der Waals surface area contributed by atoms with Crippen molar-refractivity contribution in [3.8, 4) is 0 Å². The monoisotopic (exact) mass is 391 g/mol. The van der Waals surface area contributed by atoms with Gasteiger partial charge in [0, 0.05) is 25.8 Å². The number of aryl methyl sites for hydroxylation is 1. The Hall–Kier alpha value is -2.54. The van der Waals surface area contributed by atoms with E-state index < -0.39 is 0 Å². The van der Waals surface area contributed by atoms with Crippen molar-refractivity contribution < 1.29 is 5.11 Å². The van der Waals surface area contributed by atoms with E-state index >= 15 is 0 Å². The highest BCUT2D eigenvalue weighted by Gasteiger charge is 2.28. The van der Waals surface area contributed by atoms with Crippen LogP contribution in [0.15, 0.2) is 59.2 Å². The molecule has 0 radical (unpaired) electrons. The number of nitrogens with one attached hydrogen (secondary N) is 1. The second kappa shape index (κ2) is 9.31. The zero-order valence-electron chi connectivity index (χ0n) is 16.7. The Morgan fingerprint density at radius 3 is 3.03 bits per heavy atom. The summed E-state index contributed by atoms with van der Waals surface area (Å²) in [5.74, 6) is 0. The molecule has 2 aromatic rings. The maximum absolute atomic E-state index is 9.52. The minimum Gasteiger partial charge on any atom is -0.392 e. The van der Waals surface area contributed by atoms with Crippen LogP contribution in [0.5, 0.6) is 0 Å². The minimum absolute atomic E-state index is 0.000277. The maximum atomic E-state index is 9.52. The van der Waals surface area contributed by atoms with Gasteiger partial charge in [-0.3, -0.25) is 14.9 Å². The molecule has 0 fully saturated rings. The fourth-order valence-electron chi connectivity index (χ4n) is 4.15. The molecule has 4 rings (SSSR count). The molecular formula is C23H29N5O. The van der Waals surface area contributed by atoms with Crippen LogP contribution in [-0.2, 0) is 6.42 Å². The molecule has 0 spiro atoms. The first-order valence-corrected chi connectivity index (χ1v) is 10.3. The summed E-state index contributed by atoms with van der Waals surface area (Å²) in [7, 11) is 0. The zero-order chi connectivity index (χ0) is 20.1. The standard InChI is InChI=1S/C23H29N5O/c24-13-17(16-29)10-12-28(22-9-3-5-18-6-4-11-25-23(18)22)15-19-14-26-20-7-1-2-8-21(20)27-19/h1-2,4,6-8,10-11,22,26,29H,3,5,9,12-16,24H2/b17-10-. The summed E-state index contributed by atoms with van der Waals surface area (Å²) in [4.78, 5) is 12.0. The lowest BCUT2D eigenvalue weighted by Crippen LogP contribution is -2.39. The third-order valence-corrected chi connectivity index (χ3v) is 5.74. The Morgan fingerprint density at radius 2 is 2.17 bits per heavy atom. The number of rotatable bonds is 7. The van der Waals surface area contributed by atoms with Crippen LogP contribution in [0.3, 0.4) is 0 Å². The lowest BCUT2D eigenvalue weighted by Gasteiger charge is -2.35. The fourth-order valence-corrected chi connectivity index (χ4v) is 4.15. The Labute approximate surface area is 172 Å². The predicted molar refractivity (Wildman–Crippen MR) is 118 cm³/mol. The molecule has 1 aliphatic heterocycles. The second-order valence-electron chi connectivity index (χ2n) is 7.66. The molecule has 0 saturated carbocycles. The van der Waals surface area contributed by atoms with E-state index in [-0.39, 0.29) is 12.6 Å². The second-order valence-corrected chi connectivity index (χ2v) is 7.66. The quantitative estimate of drug-likeness (QED) is 0.632. The van der Waals surface area contributed by atoms with Crippen LogP contribution >= 0.6 is 0 Å². The molecule has 1 aliphatic carbocycles. The molecule has 0 saturated heterocycles. The van der Waals surface area contributed by atoms with Crippen LogP contribution in [0, 0.1) is 0 Å². The van der Waals surface area contributed by atoms with Gasteiger partial charge in [0.15, 0.2) is 0 Å². The van der Waals surface area contributed by atoms with Crippen molar-refractivity contribution >= 4 is 17.1 Å². The summed E-state index contributed by atoms with van der Waals surface area (Å²) in [6.07, 6.45) is 7.26. The number of fused-ring (bicyclic) bond motifs is 2. The van der Waals surface area contributed by atoms with Crippen molar-refractivity contribution in [3.63, 3.8) is 0 Å². The summed E-state index contributed by atoms with van der Waals surface area (Å²) >= 11 is 0. The smallest absolute Gasteiger partial charge is 0.0861 e. The van der Waals surface area contributed by atoms with Crippen LogP contribution in [0.25, 0.3) is 0 Å². The number of hydrogen-bond acceptors (Lipinski definition) is 6. The van der Waals surface area contributed by atoms with Crippen molar-refractivity contribution in [2.75, 3.05) is 38.1 Å². The van der Waals surface area contributed by atoms with Gasteiger partial charge in [-0.15, -0.1) is 0 Å². The lowest BCUT2D eigenvalue weighted by atomic mass is 9.90. The highest BCUT2D eigenvalue weighted by molar-refractivity contribution is 5.96. The lowest BCUT2D eigenvalue weighted by molar-refractivity contribution is 0.219. The molecule has 2 heterocycles. The van der Waals surface area contributed by atoms with E-state index in [0.29, 0.717) is 13.1 Å². The van der Waals surface area contributed by atoms with E-state index in [1.165, 1.54) is 11.3 Å². The number of para-hydroxylation sites is 2. The van der Waals surface area contributed by atoms with Gasteiger partial charge in [-0.2, -0.15) is 0 Å². The average molecular weight is 392 g/mol. The summed E-state index contributed by atoms with van der Waals surface area (Å²) < 4.78 is 0. The molecular weight excluding hydrogens is 362 g/mol. The molecule has 29 heavy (non-hydrogen) atoms. The van der Waals surface area contributed by atoms with E-state index in [2.05, 4.69) is 28.4 Å². The molecule has 6 nitrogen and oxygen atoms in total. The Bertz CT molecular complexity index is 902. The normalized spacial score (nSPS) is 18.7. The topological polar surface area (TPSA) is 86.8 Å². The number of anilines is 1. The van der Waals surface area contributed by atoms with Crippen molar-refractivity contribution in [2.24, 2.45) is 10.7 Å². The van der Waals surface area contributed by atoms with Crippen molar-refractivity contribution in [1.82, 2.24) is 9.88 Å². The fraction of sp³-hybridized carbons (Fsp3) is 0.391. The maximum Gasteiger partial charge on any atom is 0.0861 e. The van der Waals surface area contributed by atoms with E-state index in [9.17, 15) is 5.11 Å². The van der Waals surface area contributed by atoms with Crippen LogP contribution < -0.4 is 11.1 Å². The third-order valence-electron chi connectivity index (χ3n) is 5.74. The number of aliphatic imine (C=N–C) groups is 1. The molecule has 1 aromatic heterocycles. The summed E-state index contributed by atoms with van der Waals surface area (Å²) in [6, 6.07) is 12.6. The highest BCUT2D eigenvalue weighted by atomic mass is 16.3. The molecule has 0 bridgehead atoms. The molecule has 152 valence electrons. The van der Waals surface area contributed by atoms with Gasteiger partial charge in [0.25, 0.3) is 0 Å². The Kier molecular flexibility index (Phi) is 6.34. The first-order chi connectivity index (χ1) is 14.3. The average Bonchev–Trinajstić information content (AvgIpc) is 2.78. The number of pyridine rings is 1. The molecule has 0 amide bonds. The Morgan fingerprint density at radius 1 is 1.28 bits per heavy atom.